The number of hydrogen-bond acceptors (Lipinski definition) is 5. The van der Waals surface area contributed by atoms with E-state index >= 15 is 0 Å². The summed E-state index contributed by atoms with van der Waals surface area (Å²) in [7, 11) is -0.843. The van der Waals surface area contributed by atoms with Crippen molar-refractivity contribution in [2.45, 2.75) is 38.6 Å². The van der Waals surface area contributed by atoms with Crippen LogP contribution in [0.5, 0.6) is 11.5 Å². The largest absolute Gasteiger partial charge is 0.490 e. The summed E-state index contributed by atoms with van der Waals surface area (Å²) in [6.45, 7) is 8.74. The zero-order valence-corrected chi connectivity index (χ0v) is 20.9. The molecule has 0 aliphatic heterocycles. The van der Waals surface area contributed by atoms with Crippen molar-refractivity contribution < 1.29 is 22.7 Å². The molecule has 0 heterocycles. The second kappa shape index (κ2) is 11.0. The zero-order valence-electron chi connectivity index (χ0n) is 19.3. The van der Waals surface area contributed by atoms with Crippen molar-refractivity contribution >= 4 is 27.5 Å². The van der Waals surface area contributed by atoms with Crippen molar-refractivity contribution in [3.8, 4) is 11.5 Å². The number of carbonyl (C=O) groups is 1. The number of ether oxygens (including phenoxy) is 2. The van der Waals surface area contributed by atoms with Gasteiger partial charge >= 0.3 is 0 Å². The predicted molar refractivity (Wildman–Crippen MR) is 126 cm³/mol. The van der Waals surface area contributed by atoms with Gasteiger partial charge in [-0.05, 0) is 55.7 Å². The minimum atomic E-state index is -3.70. The zero-order chi connectivity index (χ0) is 24.1. The lowest BCUT2D eigenvalue weighted by Crippen LogP contribution is -2.32. The topological polar surface area (TPSA) is 84.9 Å². The van der Waals surface area contributed by atoms with Gasteiger partial charge in [-0.3, -0.25) is 4.79 Å². The number of nitrogens with zero attached hydrogens (tertiary/aromatic N) is 1. The minimum absolute atomic E-state index is 0.00199. The van der Waals surface area contributed by atoms with Crippen molar-refractivity contribution in [2.75, 3.05) is 27.3 Å². The molecule has 0 saturated heterocycles. The molecule has 2 rings (SSSR count). The Morgan fingerprint density at radius 3 is 2.22 bits per heavy atom. The van der Waals surface area contributed by atoms with E-state index in [1.807, 2.05) is 45.9 Å². The maximum atomic E-state index is 13.1. The van der Waals surface area contributed by atoms with Gasteiger partial charge in [0.15, 0.2) is 11.5 Å². The van der Waals surface area contributed by atoms with Gasteiger partial charge < -0.3 is 14.8 Å². The van der Waals surface area contributed by atoms with Crippen LogP contribution in [-0.4, -0.2) is 45.9 Å². The molecule has 1 N–H and O–H groups in total. The Hall–Kier alpha value is -2.29. The van der Waals surface area contributed by atoms with Crippen LogP contribution < -0.4 is 14.8 Å². The summed E-state index contributed by atoms with van der Waals surface area (Å²) in [6.07, 6.45) is 0. The molecular weight excluding hydrogens is 452 g/mol. The van der Waals surface area contributed by atoms with Crippen molar-refractivity contribution in [3.05, 3.63) is 52.5 Å². The quantitative estimate of drug-likeness (QED) is 0.538. The van der Waals surface area contributed by atoms with Crippen LogP contribution >= 0.6 is 11.6 Å². The Labute approximate surface area is 195 Å². The highest BCUT2D eigenvalue weighted by Gasteiger charge is 2.24. The van der Waals surface area contributed by atoms with Crippen LogP contribution in [0.15, 0.2) is 41.3 Å². The second-order valence-corrected chi connectivity index (χ2v) is 10.3. The maximum absolute atomic E-state index is 13.1. The molecule has 0 saturated carbocycles. The Morgan fingerprint density at radius 1 is 1.03 bits per heavy atom. The van der Waals surface area contributed by atoms with Gasteiger partial charge in [-0.15, -0.1) is 0 Å². The van der Waals surface area contributed by atoms with Crippen LogP contribution in [0.3, 0.4) is 0 Å². The standard InChI is InChI=1S/C23H31ClN2O5S/c1-7-30-20-12-9-16(13-21(20)31-8-2)22(15(3)4)25-23(27)18-14-17(10-11-19(18)24)32(28,29)26(5)6/h9-15,22H,7-8H2,1-6H3,(H,25,27). The third-order valence-electron chi connectivity index (χ3n) is 4.84. The second-order valence-electron chi connectivity index (χ2n) is 7.70. The molecule has 0 fully saturated rings. The molecule has 0 spiro atoms. The van der Waals surface area contributed by atoms with Crippen molar-refractivity contribution in [1.29, 1.82) is 0 Å². The van der Waals surface area contributed by atoms with E-state index in [4.69, 9.17) is 21.1 Å². The number of sulfonamides is 1. The van der Waals surface area contributed by atoms with Crippen LogP contribution in [-0.2, 0) is 10.0 Å². The summed E-state index contributed by atoms with van der Waals surface area (Å²) >= 11 is 6.25. The highest BCUT2D eigenvalue weighted by atomic mass is 35.5. The number of halogens is 1. The van der Waals surface area contributed by atoms with E-state index in [-0.39, 0.29) is 27.4 Å². The van der Waals surface area contributed by atoms with Crippen molar-refractivity contribution in [2.24, 2.45) is 5.92 Å². The van der Waals surface area contributed by atoms with Crippen LogP contribution in [0.4, 0.5) is 0 Å². The third kappa shape index (κ3) is 5.94. The maximum Gasteiger partial charge on any atom is 0.253 e. The monoisotopic (exact) mass is 482 g/mol. The number of benzene rings is 2. The number of carbonyl (C=O) groups excluding carboxylic acids is 1. The summed E-state index contributed by atoms with van der Waals surface area (Å²) in [5.74, 6) is 0.815. The highest BCUT2D eigenvalue weighted by Crippen LogP contribution is 2.33. The molecular formula is C23H31ClN2O5S. The summed E-state index contributed by atoms with van der Waals surface area (Å²) in [4.78, 5) is 13.1. The first kappa shape index (κ1) is 26.0. The molecule has 0 radical (unpaired) electrons. The van der Waals surface area contributed by atoms with Gasteiger partial charge in [0.05, 0.1) is 34.7 Å². The normalized spacial score (nSPS) is 12.7. The summed E-state index contributed by atoms with van der Waals surface area (Å²) in [5, 5.41) is 3.16. The lowest BCUT2D eigenvalue weighted by Gasteiger charge is -2.24. The summed E-state index contributed by atoms with van der Waals surface area (Å²) in [6, 6.07) is 9.30. The van der Waals surface area contributed by atoms with E-state index < -0.39 is 15.9 Å². The van der Waals surface area contributed by atoms with Gasteiger partial charge in [-0.1, -0.05) is 31.5 Å². The fraction of sp³-hybridized carbons (Fsp3) is 0.435. The molecule has 9 heteroatoms. The van der Waals surface area contributed by atoms with Gasteiger partial charge in [0.25, 0.3) is 5.91 Å². The van der Waals surface area contributed by atoms with Gasteiger partial charge in [0.2, 0.25) is 10.0 Å². The lowest BCUT2D eigenvalue weighted by molar-refractivity contribution is 0.0925. The molecule has 0 bridgehead atoms. The summed E-state index contributed by atoms with van der Waals surface area (Å²) in [5.41, 5.74) is 0.935. The number of rotatable bonds is 10. The average molecular weight is 483 g/mol. The Balaban J connectivity index is 2.41. The molecule has 1 amide bonds. The van der Waals surface area contributed by atoms with E-state index in [2.05, 4.69) is 5.32 Å². The predicted octanol–water partition coefficient (Wildman–Crippen LogP) is 4.51. The fourth-order valence-corrected chi connectivity index (χ4v) is 4.30. The number of hydrogen-bond donors (Lipinski definition) is 1. The molecule has 2 aromatic carbocycles. The fourth-order valence-electron chi connectivity index (χ4n) is 3.16. The van der Waals surface area contributed by atoms with E-state index in [0.29, 0.717) is 24.7 Å². The minimum Gasteiger partial charge on any atom is -0.490 e. The molecule has 1 atom stereocenters. The molecule has 0 aliphatic carbocycles. The Bertz CT molecular complexity index is 1050. The third-order valence-corrected chi connectivity index (χ3v) is 6.98. The van der Waals surface area contributed by atoms with E-state index in [1.165, 1.54) is 32.3 Å². The van der Waals surface area contributed by atoms with E-state index in [9.17, 15) is 13.2 Å². The van der Waals surface area contributed by atoms with Gasteiger partial charge in [-0.25, -0.2) is 12.7 Å². The summed E-state index contributed by atoms with van der Waals surface area (Å²) < 4.78 is 37.4. The van der Waals surface area contributed by atoms with Crippen molar-refractivity contribution in [3.63, 3.8) is 0 Å². The Morgan fingerprint density at radius 2 is 1.66 bits per heavy atom. The SMILES string of the molecule is CCOc1ccc(C(NC(=O)c2cc(S(=O)(=O)N(C)C)ccc2Cl)C(C)C)cc1OCC. The van der Waals surface area contributed by atoms with Gasteiger partial charge in [-0.2, -0.15) is 0 Å². The first-order chi connectivity index (χ1) is 15.0. The Kier molecular flexibility index (Phi) is 8.95. The average Bonchev–Trinajstić information content (AvgIpc) is 2.73. The van der Waals surface area contributed by atoms with Crippen LogP contribution in [0.1, 0.15) is 49.7 Å². The molecule has 32 heavy (non-hydrogen) atoms. The lowest BCUT2D eigenvalue weighted by atomic mass is 9.95. The van der Waals surface area contributed by atoms with Gasteiger partial charge in [0.1, 0.15) is 0 Å². The van der Waals surface area contributed by atoms with Crippen LogP contribution in [0.25, 0.3) is 0 Å². The molecule has 2 aromatic rings. The number of amides is 1. The number of nitrogens with one attached hydrogen (secondary N) is 1. The molecule has 7 nitrogen and oxygen atoms in total. The highest BCUT2D eigenvalue weighted by molar-refractivity contribution is 7.89. The van der Waals surface area contributed by atoms with Crippen LogP contribution in [0.2, 0.25) is 5.02 Å². The van der Waals surface area contributed by atoms with Crippen LogP contribution in [0, 0.1) is 5.92 Å². The van der Waals surface area contributed by atoms with Crippen molar-refractivity contribution in [1.82, 2.24) is 9.62 Å². The first-order valence-corrected chi connectivity index (χ1v) is 12.3. The van der Waals surface area contributed by atoms with E-state index in [1.54, 1.807) is 0 Å². The van der Waals surface area contributed by atoms with Gasteiger partial charge in [0, 0.05) is 14.1 Å². The molecule has 176 valence electrons. The first-order valence-electron chi connectivity index (χ1n) is 10.4. The molecule has 0 aliphatic rings. The van der Waals surface area contributed by atoms with E-state index in [0.717, 1.165) is 9.87 Å². The molecule has 0 aromatic heterocycles. The smallest absolute Gasteiger partial charge is 0.253 e. The molecule has 1 unspecified atom stereocenters.